The van der Waals surface area contributed by atoms with Crippen LogP contribution in [0, 0.1) is 0 Å². The van der Waals surface area contributed by atoms with E-state index in [0.29, 0.717) is 5.56 Å². The molecule has 1 heterocycles. The summed E-state index contributed by atoms with van der Waals surface area (Å²) in [5, 5.41) is 4.35. The molecule has 0 amide bonds. The lowest BCUT2D eigenvalue weighted by Crippen LogP contribution is -2.06. The van der Waals surface area contributed by atoms with Crippen molar-refractivity contribution in [1.29, 1.82) is 0 Å². The standard InChI is InChI=1S/C18H14N2O.ClH/c1-2-19-16-13-9-5-6-10-14(13)20-17-11-7-3-4-8-12(11)18(21)15(16)17;/h3-10H,2H2,1H3,(H,19,20);1H. The van der Waals surface area contributed by atoms with Gasteiger partial charge in [-0.1, -0.05) is 42.5 Å². The smallest absolute Gasteiger partial charge is 0.198 e. The Hall–Kier alpha value is -2.39. The van der Waals surface area contributed by atoms with Gasteiger partial charge in [-0.15, -0.1) is 12.4 Å². The quantitative estimate of drug-likeness (QED) is 0.600. The number of carbonyl (C=O) groups excluding carboxylic acids is 1. The fourth-order valence-electron chi connectivity index (χ4n) is 3.01. The Labute approximate surface area is 134 Å². The molecule has 1 aliphatic rings. The zero-order valence-corrected chi connectivity index (χ0v) is 12.9. The van der Waals surface area contributed by atoms with E-state index < -0.39 is 0 Å². The Morgan fingerprint density at radius 2 is 1.68 bits per heavy atom. The van der Waals surface area contributed by atoms with Crippen molar-refractivity contribution in [1.82, 2.24) is 4.98 Å². The first-order valence-corrected chi connectivity index (χ1v) is 7.12. The van der Waals surface area contributed by atoms with E-state index in [0.717, 1.165) is 40.0 Å². The van der Waals surface area contributed by atoms with Crippen LogP contribution in [0.3, 0.4) is 0 Å². The highest BCUT2D eigenvalue weighted by Gasteiger charge is 2.31. The van der Waals surface area contributed by atoms with E-state index in [-0.39, 0.29) is 18.2 Å². The van der Waals surface area contributed by atoms with E-state index in [2.05, 4.69) is 5.32 Å². The lowest BCUT2D eigenvalue weighted by molar-refractivity contribution is 0.104. The van der Waals surface area contributed by atoms with Gasteiger partial charge in [0, 0.05) is 23.1 Å². The van der Waals surface area contributed by atoms with Crippen LogP contribution in [0.1, 0.15) is 22.8 Å². The number of ketones is 1. The first kappa shape index (κ1) is 14.5. The molecule has 3 aromatic rings. The summed E-state index contributed by atoms with van der Waals surface area (Å²) in [7, 11) is 0. The van der Waals surface area contributed by atoms with E-state index in [9.17, 15) is 4.79 Å². The van der Waals surface area contributed by atoms with Crippen LogP contribution < -0.4 is 5.32 Å². The fourth-order valence-corrected chi connectivity index (χ4v) is 3.01. The van der Waals surface area contributed by atoms with Gasteiger partial charge in [0.25, 0.3) is 0 Å². The van der Waals surface area contributed by atoms with Crippen LogP contribution in [0.25, 0.3) is 22.2 Å². The number of hydrogen-bond donors (Lipinski definition) is 1. The largest absolute Gasteiger partial charge is 0.384 e. The second-order valence-electron chi connectivity index (χ2n) is 5.13. The molecular weight excluding hydrogens is 296 g/mol. The van der Waals surface area contributed by atoms with Crippen molar-refractivity contribution in [2.75, 3.05) is 11.9 Å². The minimum atomic E-state index is 0. The van der Waals surface area contributed by atoms with E-state index in [4.69, 9.17) is 4.98 Å². The lowest BCUT2D eigenvalue weighted by atomic mass is 10.0. The molecule has 0 spiro atoms. The van der Waals surface area contributed by atoms with Crippen molar-refractivity contribution >= 4 is 34.8 Å². The Morgan fingerprint density at radius 3 is 2.45 bits per heavy atom. The van der Waals surface area contributed by atoms with Gasteiger partial charge in [0.1, 0.15) is 0 Å². The normalized spacial score (nSPS) is 11.8. The summed E-state index contributed by atoms with van der Waals surface area (Å²) in [6.07, 6.45) is 0. The van der Waals surface area contributed by atoms with Gasteiger partial charge in [-0.3, -0.25) is 4.79 Å². The molecule has 0 saturated heterocycles. The maximum Gasteiger partial charge on any atom is 0.198 e. The number of nitrogens with one attached hydrogen (secondary N) is 1. The van der Waals surface area contributed by atoms with Gasteiger partial charge in [-0.05, 0) is 13.0 Å². The third kappa shape index (κ3) is 1.90. The van der Waals surface area contributed by atoms with E-state index in [1.807, 2.05) is 55.5 Å². The zero-order valence-electron chi connectivity index (χ0n) is 12.1. The Kier molecular flexibility index (Phi) is 3.59. The Bertz CT molecular complexity index is 889. The van der Waals surface area contributed by atoms with Crippen LogP contribution in [0.15, 0.2) is 48.5 Å². The summed E-state index contributed by atoms with van der Waals surface area (Å²) >= 11 is 0. The molecule has 0 bridgehead atoms. The number of halogens is 1. The summed E-state index contributed by atoms with van der Waals surface area (Å²) in [4.78, 5) is 17.5. The molecule has 0 atom stereocenters. The molecule has 0 fully saturated rings. The lowest BCUT2D eigenvalue weighted by Gasteiger charge is -2.12. The highest BCUT2D eigenvalue weighted by molar-refractivity contribution is 6.26. The molecule has 110 valence electrons. The number of benzene rings is 2. The van der Waals surface area contributed by atoms with Crippen molar-refractivity contribution in [3.63, 3.8) is 0 Å². The minimum absolute atomic E-state index is 0. The molecule has 1 aliphatic carbocycles. The van der Waals surface area contributed by atoms with Gasteiger partial charge in [-0.2, -0.15) is 0 Å². The second kappa shape index (κ2) is 5.43. The highest BCUT2D eigenvalue weighted by atomic mass is 35.5. The summed E-state index contributed by atoms with van der Waals surface area (Å²) in [6, 6.07) is 15.6. The predicted molar refractivity (Wildman–Crippen MR) is 92.0 cm³/mol. The van der Waals surface area contributed by atoms with Crippen LogP contribution in [0.2, 0.25) is 0 Å². The number of hydrogen-bond acceptors (Lipinski definition) is 3. The number of aromatic nitrogens is 1. The molecule has 4 heteroatoms. The molecule has 1 aromatic heterocycles. The number of fused-ring (bicyclic) bond motifs is 4. The van der Waals surface area contributed by atoms with Gasteiger partial charge in [0.05, 0.1) is 22.5 Å². The predicted octanol–water partition coefficient (Wildman–Crippen LogP) is 4.30. The monoisotopic (exact) mass is 310 g/mol. The number of carbonyl (C=O) groups is 1. The summed E-state index contributed by atoms with van der Waals surface area (Å²) < 4.78 is 0. The number of nitrogens with zero attached hydrogens (tertiary/aromatic N) is 1. The average Bonchev–Trinajstić information content (AvgIpc) is 2.81. The topological polar surface area (TPSA) is 42.0 Å². The van der Waals surface area contributed by atoms with Crippen molar-refractivity contribution < 1.29 is 4.79 Å². The van der Waals surface area contributed by atoms with Crippen LogP contribution in [-0.2, 0) is 0 Å². The molecule has 22 heavy (non-hydrogen) atoms. The molecule has 2 aromatic carbocycles. The number of pyridine rings is 1. The molecule has 0 unspecified atom stereocenters. The fraction of sp³-hybridized carbons (Fsp3) is 0.111. The zero-order chi connectivity index (χ0) is 14.4. The SMILES string of the molecule is CCNc1c2c(nc3ccccc13)-c1ccccc1C2=O.Cl. The van der Waals surface area contributed by atoms with Crippen LogP contribution in [0.5, 0.6) is 0 Å². The third-order valence-electron chi connectivity index (χ3n) is 3.90. The molecule has 0 saturated carbocycles. The second-order valence-corrected chi connectivity index (χ2v) is 5.13. The Balaban J connectivity index is 0.00000144. The molecule has 4 rings (SSSR count). The first-order chi connectivity index (χ1) is 10.3. The van der Waals surface area contributed by atoms with Crippen LogP contribution in [0.4, 0.5) is 5.69 Å². The molecule has 0 radical (unpaired) electrons. The van der Waals surface area contributed by atoms with Gasteiger partial charge in [-0.25, -0.2) is 4.98 Å². The average molecular weight is 311 g/mol. The van der Waals surface area contributed by atoms with Crippen molar-refractivity contribution in [3.05, 3.63) is 59.7 Å². The minimum Gasteiger partial charge on any atom is -0.384 e. The molecule has 1 N–H and O–H groups in total. The van der Waals surface area contributed by atoms with E-state index >= 15 is 0 Å². The van der Waals surface area contributed by atoms with Gasteiger partial charge in [0.2, 0.25) is 0 Å². The summed E-state index contributed by atoms with van der Waals surface area (Å²) in [6.45, 7) is 2.80. The molecule has 3 nitrogen and oxygen atoms in total. The van der Waals surface area contributed by atoms with Crippen LogP contribution >= 0.6 is 12.4 Å². The maximum atomic E-state index is 12.7. The molecule has 0 aliphatic heterocycles. The number of para-hydroxylation sites is 1. The Morgan fingerprint density at radius 1 is 1.00 bits per heavy atom. The highest BCUT2D eigenvalue weighted by Crippen LogP contribution is 2.41. The number of rotatable bonds is 2. The van der Waals surface area contributed by atoms with Gasteiger partial charge >= 0.3 is 0 Å². The summed E-state index contributed by atoms with van der Waals surface area (Å²) in [5.41, 5.74) is 5.00. The third-order valence-corrected chi connectivity index (χ3v) is 3.90. The van der Waals surface area contributed by atoms with Crippen LogP contribution in [-0.4, -0.2) is 17.3 Å². The summed E-state index contributed by atoms with van der Waals surface area (Å²) in [5.74, 6) is 0.0646. The van der Waals surface area contributed by atoms with Gasteiger partial charge < -0.3 is 5.32 Å². The van der Waals surface area contributed by atoms with Crippen molar-refractivity contribution in [3.8, 4) is 11.3 Å². The van der Waals surface area contributed by atoms with E-state index in [1.165, 1.54) is 0 Å². The number of anilines is 1. The van der Waals surface area contributed by atoms with Gasteiger partial charge in [0.15, 0.2) is 5.78 Å². The first-order valence-electron chi connectivity index (χ1n) is 7.12. The van der Waals surface area contributed by atoms with Crippen molar-refractivity contribution in [2.24, 2.45) is 0 Å². The maximum absolute atomic E-state index is 12.7. The van der Waals surface area contributed by atoms with Crippen molar-refractivity contribution in [2.45, 2.75) is 6.92 Å². The van der Waals surface area contributed by atoms with E-state index in [1.54, 1.807) is 0 Å². The molecular formula is C18H15ClN2O.